The van der Waals surface area contributed by atoms with E-state index < -0.39 is 0 Å². The normalized spacial score (nSPS) is 15.7. The zero-order chi connectivity index (χ0) is 12.9. The van der Waals surface area contributed by atoms with Crippen LogP contribution in [0.2, 0.25) is 0 Å². The minimum absolute atomic E-state index is 0.997. The van der Waals surface area contributed by atoms with E-state index in [1.165, 1.54) is 47.8 Å². The molecule has 0 amide bonds. The molecule has 0 bridgehead atoms. The number of fused-ring (bicyclic) bond motifs is 1. The van der Waals surface area contributed by atoms with Crippen molar-refractivity contribution in [2.24, 2.45) is 0 Å². The van der Waals surface area contributed by atoms with Gasteiger partial charge in [0.05, 0.1) is 0 Å². The predicted molar refractivity (Wildman–Crippen MR) is 84.7 cm³/mol. The quantitative estimate of drug-likeness (QED) is 0.603. The van der Waals surface area contributed by atoms with Crippen molar-refractivity contribution >= 4 is 21.4 Å². The van der Waals surface area contributed by atoms with E-state index in [0.717, 1.165) is 13.1 Å². The topological polar surface area (TPSA) is 12.0 Å². The Bertz CT molecular complexity index is 567. The van der Waals surface area contributed by atoms with Crippen LogP contribution in [0.25, 0.3) is 10.1 Å². The molecule has 0 radical (unpaired) electrons. The maximum atomic E-state index is 3.59. The van der Waals surface area contributed by atoms with Gasteiger partial charge in [-0.3, -0.25) is 0 Å². The number of allylic oxidation sites excluding steroid dienone is 1. The number of rotatable bonds is 5. The fourth-order valence-corrected chi connectivity index (χ4v) is 3.74. The molecule has 0 fully saturated rings. The zero-order valence-corrected chi connectivity index (χ0v) is 12.1. The van der Waals surface area contributed by atoms with Gasteiger partial charge in [0, 0.05) is 11.2 Å². The summed E-state index contributed by atoms with van der Waals surface area (Å²) in [4.78, 5) is 0. The Labute approximate surface area is 119 Å². The molecule has 1 aliphatic carbocycles. The van der Waals surface area contributed by atoms with Crippen LogP contribution < -0.4 is 5.32 Å². The number of hydrogen-bond acceptors (Lipinski definition) is 2. The molecule has 1 heterocycles. The molecule has 0 saturated carbocycles. The van der Waals surface area contributed by atoms with Crippen LogP contribution in [0.15, 0.2) is 41.3 Å². The molecular formula is C17H21NS. The van der Waals surface area contributed by atoms with Gasteiger partial charge in [-0.2, -0.15) is 0 Å². The molecule has 0 unspecified atom stereocenters. The van der Waals surface area contributed by atoms with E-state index in [2.05, 4.69) is 41.0 Å². The maximum absolute atomic E-state index is 3.59. The second-order valence-electron chi connectivity index (χ2n) is 5.29. The smallest absolute Gasteiger partial charge is 0.0346 e. The van der Waals surface area contributed by atoms with Crippen molar-refractivity contribution in [2.75, 3.05) is 6.54 Å². The summed E-state index contributed by atoms with van der Waals surface area (Å²) in [5, 5.41) is 7.30. The van der Waals surface area contributed by atoms with E-state index in [4.69, 9.17) is 0 Å². The lowest BCUT2D eigenvalue weighted by molar-refractivity contribution is 0.634. The van der Waals surface area contributed by atoms with E-state index in [-0.39, 0.29) is 0 Å². The van der Waals surface area contributed by atoms with Crippen molar-refractivity contribution in [1.82, 2.24) is 5.32 Å². The van der Waals surface area contributed by atoms with Crippen LogP contribution in [0.3, 0.4) is 0 Å². The molecule has 1 nitrogen and oxygen atoms in total. The van der Waals surface area contributed by atoms with Crippen LogP contribution in [0.1, 0.15) is 37.7 Å². The molecule has 19 heavy (non-hydrogen) atoms. The third kappa shape index (κ3) is 3.26. The Morgan fingerprint density at radius 2 is 2.11 bits per heavy atom. The first-order chi connectivity index (χ1) is 9.43. The average Bonchev–Trinajstić information content (AvgIpc) is 2.88. The number of hydrogen-bond donors (Lipinski definition) is 1. The van der Waals surface area contributed by atoms with Gasteiger partial charge in [0.1, 0.15) is 0 Å². The summed E-state index contributed by atoms with van der Waals surface area (Å²) in [5.74, 6) is 0. The van der Waals surface area contributed by atoms with Gasteiger partial charge in [-0.25, -0.2) is 0 Å². The van der Waals surface area contributed by atoms with Crippen molar-refractivity contribution in [1.29, 1.82) is 0 Å². The molecule has 3 rings (SSSR count). The van der Waals surface area contributed by atoms with Crippen molar-refractivity contribution in [3.05, 3.63) is 46.9 Å². The van der Waals surface area contributed by atoms with E-state index >= 15 is 0 Å². The monoisotopic (exact) mass is 271 g/mol. The van der Waals surface area contributed by atoms with Gasteiger partial charge in [-0.15, -0.1) is 11.3 Å². The fraction of sp³-hybridized carbons (Fsp3) is 0.412. The molecule has 1 N–H and O–H groups in total. The largest absolute Gasteiger partial charge is 0.312 e. The molecule has 1 aliphatic rings. The van der Waals surface area contributed by atoms with Crippen molar-refractivity contribution in [3.63, 3.8) is 0 Å². The van der Waals surface area contributed by atoms with Crippen LogP contribution in [0.5, 0.6) is 0 Å². The molecule has 100 valence electrons. The number of thiophene rings is 1. The third-order valence-electron chi connectivity index (χ3n) is 3.88. The van der Waals surface area contributed by atoms with Crippen LogP contribution in [0.4, 0.5) is 0 Å². The Balaban J connectivity index is 1.51. The van der Waals surface area contributed by atoms with E-state index in [1.807, 2.05) is 11.3 Å². The Morgan fingerprint density at radius 1 is 1.16 bits per heavy atom. The highest BCUT2D eigenvalue weighted by molar-refractivity contribution is 7.17. The van der Waals surface area contributed by atoms with Gasteiger partial charge >= 0.3 is 0 Å². The summed E-state index contributed by atoms with van der Waals surface area (Å²) in [7, 11) is 0. The Kier molecular flexibility index (Phi) is 4.31. The van der Waals surface area contributed by atoms with E-state index in [9.17, 15) is 0 Å². The lowest BCUT2D eigenvalue weighted by atomic mass is 9.97. The SMILES string of the molecule is C1=C(CCNCc2csc3ccccc23)CCCC1. The average molecular weight is 271 g/mol. The lowest BCUT2D eigenvalue weighted by Crippen LogP contribution is -2.15. The number of nitrogens with one attached hydrogen (secondary N) is 1. The molecule has 0 spiro atoms. The lowest BCUT2D eigenvalue weighted by Gasteiger charge is -2.12. The summed E-state index contributed by atoms with van der Waals surface area (Å²) >= 11 is 1.85. The maximum Gasteiger partial charge on any atom is 0.0346 e. The Hall–Kier alpha value is -1.12. The van der Waals surface area contributed by atoms with Gasteiger partial charge in [0.2, 0.25) is 0 Å². The zero-order valence-electron chi connectivity index (χ0n) is 11.3. The summed E-state index contributed by atoms with van der Waals surface area (Å²) in [6.45, 7) is 2.10. The van der Waals surface area contributed by atoms with Crippen molar-refractivity contribution < 1.29 is 0 Å². The van der Waals surface area contributed by atoms with E-state index in [0.29, 0.717) is 0 Å². The minimum Gasteiger partial charge on any atom is -0.312 e. The predicted octanol–water partition coefficient (Wildman–Crippen LogP) is 4.88. The highest BCUT2D eigenvalue weighted by Crippen LogP contribution is 2.25. The molecule has 2 heteroatoms. The van der Waals surface area contributed by atoms with Crippen LogP contribution in [-0.4, -0.2) is 6.54 Å². The van der Waals surface area contributed by atoms with Crippen molar-refractivity contribution in [2.45, 2.75) is 38.6 Å². The molecule has 1 aromatic heterocycles. The molecule has 0 saturated heterocycles. The van der Waals surface area contributed by atoms with E-state index in [1.54, 1.807) is 5.57 Å². The van der Waals surface area contributed by atoms with Crippen molar-refractivity contribution in [3.8, 4) is 0 Å². The summed E-state index contributed by atoms with van der Waals surface area (Å²) < 4.78 is 1.40. The van der Waals surface area contributed by atoms with Gasteiger partial charge in [0.25, 0.3) is 0 Å². The first-order valence-electron chi connectivity index (χ1n) is 7.27. The van der Waals surface area contributed by atoms with Crippen LogP contribution in [0, 0.1) is 0 Å². The van der Waals surface area contributed by atoms with Crippen LogP contribution in [-0.2, 0) is 6.54 Å². The first kappa shape index (κ1) is 12.9. The second-order valence-corrected chi connectivity index (χ2v) is 6.20. The van der Waals surface area contributed by atoms with Gasteiger partial charge < -0.3 is 5.32 Å². The second kappa shape index (κ2) is 6.36. The highest BCUT2D eigenvalue weighted by Gasteiger charge is 2.04. The molecule has 2 aromatic rings. The minimum atomic E-state index is 0.997. The molecule has 0 aliphatic heterocycles. The highest BCUT2D eigenvalue weighted by atomic mass is 32.1. The van der Waals surface area contributed by atoms with Gasteiger partial charge in [0.15, 0.2) is 0 Å². The first-order valence-corrected chi connectivity index (χ1v) is 8.15. The van der Waals surface area contributed by atoms with Crippen LogP contribution >= 0.6 is 11.3 Å². The summed E-state index contributed by atoms with van der Waals surface area (Å²) in [5.41, 5.74) is 3.10. The van der Waals surface area contributed by atoms with Gasteiger partial charge in [-0.1, -0.05) is 29.8 Å². The Morgan fingerprint density at radius 3 is 3.00 bits per heavy atom. The summed E-state index contributed by atoms with van der Waals surface area (Å²) in [6, 6.07) is 8.68. The molecule has 1 aromatic carbocycles. The third-order valence-corrected chi connectivity index (χ3v) is 4.90. The number of benzene rings is 1. The standard InChI is InChI=1S/C17H21NS/c1-2-6-14(7-3-1)10-11-18-12-15-13-19-17-9-5-4-8-16(15)17/h4-6,8-9,13,18H,1-3,7,10-12H2. The summed E-state index contributed by atoms with van der Waals surface area (Å²) in [6.07, 6.45) is 9.07. The molecule has 0 atom stereocenters. The van der Waals surface area contributed by atoms with Gasteiger partial charge in [-0.05, 0) is 61.0 Å². The fourth-order valence-electron chi connectivity index (χ4n) is 2.77. The molecular weight excluding hydrogens is 250 g/mol.